The standard InChI is InChI=1S/C6H11NO4/c7-2-5-3(8)1-4(11-5)6(9)10/h3-5,8H,1-2,7H2,(H,9,10)/t3-,4+,5+/m0/s1. The lowest BCUT2D eigenvalue weighted by Gasteiger charge is -2.09. The fourth-order valence-corrected chi connectivity index (χ4v) is 1.10. The molecule has 1 heterocycles. The Bertz CT molecular complexity index is 161. The molecule has 1 fully saturated rings. The van der Waals surface area contributed by atoms with Gasteiger partial charge in [0.25, 0.3) is 0 Å². The molecule has 1 rings (SSSR count). The third-order valence-corrected chi connectivity index (χ3v) is 1.73. The van der Waals surface area contributed by atoms with E-state index >= 15 is 0 Å². The maximum Gasteiger partial charge on any atom is 0.332 e. The maximum absolute atomic E-state index is 10.3. The van der Waals surface area contributed by atoms with Gasteiger partial charge in [0.2, 0.25) is 0 Å². The fraction of sp³-hybridized carbons (Fsp3) is 0.833. The molecule has 1 aliphatic rings. The molecule has 4 N–H and O–H groups in total. The van der Waals surface area contributed by atoms with Gasteiger partial charge >= 0.3 is 5.97 Å². The van der Waals surface area contributed by atoms with Gasteiger partial charge in [-0.3, -0.25) is 0 Å². The molecular weight excluding hydrogens is 150 g/mol. The highest BCUT2D eigenvalue weighted by Crippen LogP contribution is 2.19. The van der Waals surface area contributed by atoms with E-state index in [1.165, 1.54) is 0 Å². The van der Waals surface area contributed by atoms with E-state index in [1.54, 1.807) is 0 Å². The van der Waals surface area contributed by atoms with Crippen molar-refractivity contribution in [3.8, 4) is 0 Å². The Kier molecular flexibility index (Phi) is 2.43. The number of nitrogens with two attached hydrogens (primary N) is 1. The summed E-state index contributed by atoms with van der Waals surface area (Å²) in [5, 5.41) is 17.6. The largest absolute Gasteiger partial charge is 0.479 e. The molecule has 0 amide bonds. The number of carboxylic acids is 1. The monoisotopic (exact) mass is 161 g/mol. The fourth-order valence-electron chi connectivity index (χ4n) is 1.10. The molecule has 64 valence electrons. The molecule has 1 saturated heterocycles. The Morgan fingerprint density at radius 3 is 2.64 bits per heavy atom. The van der Waals surface area contributed by atoms with Crippen molar-refractivity contribution < 1.29 is 19.7 Å². The summed E-state index contributed by atoms with van der Waals surface area (Å²) in [5.74, 6) is -1.04. The van der Waals surface area contributed by atoms with Crippen LogP contribution in [0.15, 0.2) is 0 Å². The summed E-state index contributed by atoms with van der Waals surface area (Å²) in [5.41, 5.74) is 5.21. The van der Waals surface area contributed by atoms with Crippen LogP contribution in [0.1, 0.15) is 6.42 Å². The van der Waals surface area contributed by atoms with Crippen molar-refractivity contribution in [3.63, 3.8) is 0 Å². The lowest BCUT2D eigenvalue weighted by molar-refractivity contribution is -0.149. The van der Waals surface area contributed by atoms with Crippen LogP contribution in [0.4, 0.5) is 0 Å². The summed E-state index contributed by atoms with van der Waals surface area (Å²) in [6.07, 6.45) is -2.01. The minimum Gasteiger partial charge on any atom is -0.479 e. The van der Waals surface area contributed by atoms with Crippen LogP contribution < -0.4 is 5.73 Å². The molecule has 3 atom stereocenters. The van der Waals surface area contributed by atoms with Crippen LogP contribution in [0.3, 0.4) is 0 Å². The molecule has 5 heteroatoms. The SMILES string of the molecule is NC[C@H]1O[C@@H](C(=O)O)C[C@@H]1O. The van der Waals surface area contributed by atoms with Gasteiger partial charge in [0, 0.05) is 13.0 Å². The molecule has 0 bridgehead atoms. The third kappa shape index (κ3) is 1.68. The number of carbonyl (C=O) groups is 1. The van der Waals surface area contributed by atoms with E-state index in [0.29, 0.717) is 0 Å². The van der Waals surface area contributed by atoms with Crippen molar-refractivity contribution in [2.24, 2.45) is 5.73 Å². The molecule has 0 radical (unpaired) electrons. The summed E-state index contributed by atoms with van der Waals surface area (Å²) in [7, 11) is 0. The van der Waals surface area contributed by atoms with Gasteiger partial charge in [-0.25, -0.2) is 4.79 Å². The van der Waals surface area contributed by atoms with Crippen LogP contribution in [0.25, 0.3) is 0 Å². The van der Waals surface area contributed by atoms with Crippen LogP contribution in [0, 0.1) is 0 Å². The normalized spacial score (nSPS) is 37.5. The predicted molar refractivity (Wildman–Crippen MR) is 36.0 cm³/mol. The molecule has 0 aromatic heterocycles. The lowest BCUT2D eigenvalue weighted by Crippen LogP contribution is -2.30. The van der Waals surface area contributed by atoms with Gasteiger partial charge < -0.3 is 20.7 Å². The van der Waals surface area contributed by atoms with Crippen LogP contribution in [-0.4, -0.2) is 41.0 Å². The molecule has 0 aromatic carbocycles. The topological polar surface area (TPSA) is 92.8 Å². The summed E-state index contributed by atoms with van der Waals surface area (Å²) in [6, 6.07) is 0. The van der Waals surface area contributed by atoms with E-state index in [-0.39, 0.29) is 13.0 Å². The van der Waals surface area contributed by atoms with E-state index in [0.717, 1.165) is 0 Å². The Hall–Kier alpha value is -0.650. The van der Waals surface area contributed by atoms with E-state index in [4.69, 9.17) is 20.7 Å². The van der Waals surface area contributed by atoms with Crippen LogP contribution in [-0.2, 0) is 9.53 Å². The van der Waals surface area contributed by atoms with Crippen molar-refractivity contribution in [1.82, 2.24) is 0 Å². The van der Waals surface area contributed by atoms with E-state index in [9.17, 15) is 4.79 Å². The number of hydrogen-bond donors (Lipinski definition) is 3. The number of aliphatic hydroxyl groups excluding tert-OH is 1. The summed E-state index contributed by atoms with van der Waals surface area (Å²) in [6.45, 7) is 0.158. The van der Waals surface area contributed by atoms with Crippen LogP contribution in [0.5, 0.6) is 0 Å². The van der Waals surface area contributed by atoms with Gasteiger partial charge in [0.15, 0.2) is 6.10 Å². The number of aliphatic hydroxyl groups is 1. The summed E-state index contributed by atoms with van der Waals surface area (Å²) >= 11 is 0. The van der Waals surface area contributed by atoms with Crippen LogP contribution in [0.2, 0.25) is 0 Å². The van der Waals surface area contributed by atoms with E-state index in [1.807, 2.05) is 0 Å². The molecule has 0 aliphatic carbocycles. The maximum atomic E-state index is 10.3. The molecule has 0 unspecified atom stereocenters. The Morgan fingerprint density at radius 1 is 1.73 bits per heavy atom. The Labute approximate surface area is 63.8 Å². The smallest absolute Gasteiger partial charge is 0.332 e. The first-order valence-corrected chi connectivity index (χ1v) is 3.41. The number of hydrogen-bond acceptors (Lipinski definition) is 4. The third-order valence-electron chi connectivity index (χ3n) is 1.73. The Morgan fingerprint density at radius 2 is 2.36 bits per heavy atom. The molecular formula is C6H11NO4. The molecule has 1 aliphatic heterocycles. The van der Waals surface area contributed by atoms with Gasteiger partial charge in [-0.15, -0.1) is 0 Å². The first-order valence-electron chi connectivity index (χ1n) is 3.41. The van der Waals surface area contributed by atoms with Gasteiger partial charge in [-0.1, -0.05) is 0 Å². The van der Waals surface area contributed by atoms with Crippen molar-refractivity contribution in [2.75, 3.05) is 6.54 Å². The quantitative estimate of drug-likeness (QED) is 0.460. The number of aliphatic carboxylic acids is 1. The zero-order valence-corrected chi connectivity index (χ0v) is 5.93. The Balaban J connectivity index is 2.49. The van der Waals surface area contributed by atoms with Gasteiger partial charge in [-0.2, -0.15) is 0 Å². The van der Waals surface area contributed by atoms with Crippen molar-refractivity contribution in [1.29, 1.82) is 0 Å². The van der Waals surface area contributed by atoms with Crippen molar-refractivity contribution in [2.45, 2.75) is 24.7 Å². The number of carboxylic acid groups (broad SMARTS) is 1. The zero-order chi connectivity index (χ0) is 8.43. The highest BCUT2D eigenvalue weighted by atomic mass is 16.5. The number of ether oxygens (including phenoxy) is 1. The second-order valence-electron chi connectivity index (χ2n) is 2.54. The average Bonchev–Trinajstić information content (AvgIpc) is 2.31. The molecule has 0 saturated carbocycles. The minimum absolute atomic E-state index is 0.136. The molecule has 0 spiro atoms. The molecule has 0 aromatic rings. The van der Waals surface area contributed by atoms with Gasteiger partial charge in [-0.05, 0) is 0 Å². The summed E-state index contributed by atoms with van der Waals surface area (Å²) in [4.78, 5) is 10.3. The van der Waals surface area contributed by atoms with Crippen molar-refractivity contribution in [3.05, 3.63) is 0 Å². The van der Waals surface area contributed by atoms with Gasteiger partial charge in [0.05, 0.1) is 12.2 Å². The molecule has 5 nitrogen and oxygen atoms in total. The first kappa shape index (κ1) is 8.45. The minimum atomic E-state index is -1.04. The second-order valence-corrected chi connectivity index (χ2v) is 2.54. The summed E-state index contributed by atoms with van der Waals surface area (Å²) < 4.78 is 4.91. The highest BCUT2D eigenvalue weighted by molar-refractivity contribution is 5.72. The van der Waals surface area contributed by atoms with Gasteiger partial charge in [0.1, 0.15) is 0 Å². The van der Waals surface area contributed by atoms with E-state index < -0.39 is 24.3 Å². The molecule has 11 heavy (non-hydrogen) atoms. The average molecular weight is 161 g/mol. The number of rotatable bonds is 2. The van der Waals surface area contributed by atoms with Crippen molar-refractivity contribution >= 4 is 5.97 Å². The lowest BCUT2D eigenvalue weighted by atomic mass is 10.1. The predicted octanol–water partition coefficient (Wildman–Crippen LogP) is -1.45. The van der Waals surface area contributed by atoms with Crippen LogP contribution >= 0.6 is 0 Å². The highest BCUT2D eigenvalue weighted by Gasteiger charge is 2.36. The zero-order valence-electron chi connectivity index (χ0n) is 5.93. The second kappa shape index (κ2) is 3.17. The first-order chi connectivity index (χ1) is 5.15. The van der Waals surface area contributed by atoms with E-state index in [2.05, 4.69) is 0 Å².